The third-order valence-corrected chi connectivity index (χ3v) is 2.52. The van der Waals surface area contributed by atoms with Gasteiger partial charge in [-0.05, 0) is 29.8 Å². The van der Waals surface area contributed by atoms with E-state index >= 15 is 0 Å². The van der Waals surface area contributed by atoms with E-state index in [1.807, 2.05) is 0 Å². The number of hydrogen-bond acceptors (Lipinski definition) is 2. The van der Waals surface area contributed by atoms with Crippen LogP contribution in [0, 0.1) is 5.95 Å². The molecule has 0 atom stereocenters. The van der Waals surface area contributed by atoms with Crippen molar-refractivity contribution in [3.63, 3.8) is 0 Å². The summed E-state index contributed by atoms with van der Waals surface area (Å²) in [4.78, 5) is 14.1. The van der Waals surface area contributed by atoms with Gasteiger partial charge in [0.25, 0.3) is 0 Å². The molecule has 1 aromatic carbocycles. The standard InChI is InChI=1S/C12H7ClFNO/c13-11-5-8(1-2-10(11)7-16)9-3-4-12(14)15-6-9/h1-7H. The molecule has 1 heterocycles. The summed E-state index contributed by atoms with van der Waals surface area (Å²) in [6.07, 6.45) is 2.11. The lowest BCUT2D eigenvalue weighted by atomic mass is 10.1. The van der Waals surface area contributed by atoms with Crippen LogP contribution in [0.15, 0.2) is 36.5 Å². The lowest BCUT2D eigenvalue weighted by Gasteiger charge is -2.03. The van der Waals surface area contributed by atoms with Gasteiger partial charge in [0.05, 0.1) is 5.02 Å². The van der Waals surface area contributed by atoms with Gasteiger partial charge in [-0.1, -0.05) is 17.7 Å². The van der Waals surface area contributed by atoms with Crippen molar-refractivity contribution >= 4 is 17.9 Å². The van der Waals surface area contributed by atoms with Crippen LogP contribution in [0.2, 0.25) is 5.02 Å². The number of halogens is 2. The third kappa shape index (κ3) is 2.09. The predicted octanol–water partition coefficient (Wildman–Crippen LogP) is 3.35. The molecule has 2 nitrogen and oxygen atoms in total. The minimum atomic E-state index is -0.528. The average molecular weight is 236 g/mol. The normalized spacial score (nSPS) is 10.1. The first-order valence-electron chi connectivity index (χ1n) is 4.57. The Hall–Kier alpha value is -1.74. The van der Waals surface area contributed by atoms with E-state index in [1.54, 1.807) is 24.3 Å². The zero-order valence-corrected chi connectivity index (χ0v) is 8.91. The van der Waals surface area contributed by atoms with Gasteiger partial charge in [0.1, 0.15) is 0 Å². The molecule has 16 heavy (non-hydrogen) atoms. The molecule has 0 spiro atoms. The number of carbonyl (C=O) groups excluding carboxylic acids is 1. The predicted molar refractivity (Wildman–Crippen MR) is 60.0 cm³/mol. The SMILES string of the molecule is O=Cc1ccc(-c2ccc(F)nc2)cc1Cl. The van der Waals surface area contributed by atoms with Crippen LogP contribution in [0.3, 0.4) is 0 Å². The summed E-state index contributed by atoms with van der Waals surface area (Å²) < 4.78 is 12.6. The lowest BCUT2D eigenvalue weighted by Crippen LogP contribution is -1.86. The first-order chi connectivity index (χ1) is 7.70. The second kappa shape index (κ2) is 4.41. The molecule has 0 N–H and O–H groups in total. The molecular weight excluding hydrogens is 229 g/mol. The van der Waals surface area contributed by atoms with E-state index in [9.17, 15) is 9.18 Å². The Morgan fingerprint density at radius 2 is 1.94 bits per heavy atom. The van der Waals surface area contributed by atoms with Crippen molar-refractivity contribution in [2.45, 2.75) is 0 Å². The average Bonchev–Trinajstić information content (AvgIpc) is 2.30. The molecule has 0 radical (unpaired) electrons. The molecule has 0 saturated carbocycles. The molecule has 0 bridgehead atoms. The van der Waals surface area contributed by atoms with Gasteiger partial charge in [0, 0.05) is 17.3 Å². The van der Waals surface area contributed by atoms with E-state index in [2.05, 4.69) is 4.98 Å². The van der Waals surface area contributed by atoms with Crippen molar-refractivity contribution in [1.29, 1.82) is 0 Å². The minimum Gasteiger partial charge on any atom is -0.298 e. The number of rotatable bonds is 2. The Labute approximate surface area is 96.7 Å². The van der Waals surface area contributed by atoms with Gasteiger partial charge in [-0.3, -0.25) is 4.79 Å². The zero-order chi connectivity index (χ0) is 11.5. The van der Waals surface area contributed by atoms with Gasteiger partial charge in [-0.2, -0.15) is 4.39 Å². The molecule has 0 unspecified atom stereocenters. The number of carbonyl (C=O) groups is 1. The van der Waals surface area contributed by atoms with Crippen molar-refractivity contribution in [2.24, 2.45) is 0 Å². The van der Waals surface area contributed by atoms with E-state index in [-0.39, 0.29) is 0 Å². The molecule has 1 aromatic heterocycles. The van der Waals surface area contributed by atoms with Gasteiger partial charge < -0.3 is 0 Å². The summed E-state index contributed by atoms with van der Waals surface area (Å²) in [5, 5.41) is 0.372. The van der Waals surface area contributed by atoms with E-state index < -0.39 is 5.95 Å². The highest BCUT2D eigenvalue weighted by Gasteiger charge is 2.03. The zero-order valence-electron chi connectivity index (χ0n) is 8.15. The molecule has 0 fully saturated rings. The van der Waals surface area contributed by atoms with Crippen molar-refractivity contribution in [3.8, 4) is 11.1 Å². The summed E-state index contributed by atoms with van der Waals surface area (Å²) in [6, 6.07) is 7.89. The molecular formula is C12H7ClFNO. The van der Waals surface area contributed by atoms with Gasteiger partial charge in [0.15, 0.2) is 6.29 Å². The van der Waals surface area contributed by atoms with Crippen molar-refractivity contribution in [3.05, 3.63) is 53.1 Å². The van der Waals surface area contributed by atoms with Crippen LogP contribution in [0.4, 0.5) is 4.39 Å². The van der Waals surface area contributed by atoms with Crippen molar-refractivity contribution in [1.82, 2.24) is 4.98 Å². The molecule has 0 amide bonds. The van der Waals surface area contributed by atoms with Crippen LogP contribution in [0.25, 0.3) is 11.1 Å². The van der Waals surface area contributed by atoms with Gasteiger partial charge in [-0.15, -0.1) is 0 Å². The molecule has 0 aliphatic carbocycles. The lowest BCUT2D eigenvalue weighted by molar-refractivity contribution is 0.112. The summed E-state index contributed by atoms with van der Waals surface area (Å²) >= 11 is 5.88. The Balaban J connectivity index is 2.45. The molecule has 0 aliphatic heterocycles. The molecule has 0 aliphatic rings. The third-order valence-electron chi connectivity index (χ3n) is 2.19. The van der Waals surface area contributed by atoms with Crippen LogP contribution < -0.4 is 0 Å². The number of hydrogen-bond donors (Lipinski definition) is 0. The van der Waals surface area contributed by atoms with Crippen LogP contribution in [-0.4, -0.2) is 11.3 Å². The van der Waals surface area contributed by atoms with Gasteiger partial charge in [-0.25, -0.2) is 4.98 Å². The van der Waals surface area contributed by atoms with Crippen LogP contribution >= 0.6 is 11.6 Å². The van der Waals surface area contributed by atoms with Gasteiger partial charge in [0.2, 0.25) is 5.95 Å². The summed E-state index contributed by atoms with van der Waals surface area (Å²) in [5.74, 6) is -0.528. The number of aldehydes is 1. The Morgan fingerprint density at radius 3 is 2.50 bits per heavy atom. The quantitative estimate of drug-likeness (QED) is 0.590. The fourth-order valence-corrected chi connectivity index (χ4v) is 1.57. The van der Waals surface area contributed by atoms with E-state index in [0.717, 1.165) is 11.1 Å². The van der Waals surface area contributed by atoms with Crippen molar-refractivity contribution in [2.75, 3.05) is 0 Å². The van der Waals surface area contributed by atoms with E-state index in [0.29, 0.717) is 16.9 Å². The minimum absolute atomic E-state index is 0.372. The monoisotopic (exact) mass is 235 g/mol. The first-order valence-corrected chi connectivity index (χ1v) is 4.95. The first kappa shape index (κ1) is 10.8. The fraction of sp³-hybridized carbons (Fsp3) is 0. The number of aromatic nitrogens is 1. The van der Waals surface area contributed by atoms with Crippen LogP contribution in [0.5, 0.6) is 0 Å². The Kier molecular flexibility index (Phi) is 2.97. The van der Waals surface area contributed by atoms with E-state index in [1.165, 1.54) is 12.3 Å². The number of nitrogens with zero attached hydrogens (tertiary/aromatic N) is 1. The Morgan fingerprint density at radius 1 is 1.19 bits per heavy atom. The highest BCUT2D eigenvalue weighted by molar-refractivity contribution is 6.33. The van der Waals surface area contributed by atoms with Gasteiger partial charge >= 0.3 is 0 Å². The maximum Gasteiger partial charge on any atom is 0.212 e. The maximum absolute atomic E-state index is 12.6. The molecule has 2 aromatic rings. The summed E-state index contributed by atoms with van der Waals surface area (Å²) in [6.45, 7) is 0. The van der Waals surface area contributed by atoms with Crippen LogP contribution in [0.1, 0.15) is 10.4 Å². The molecule has 2 rings (SSSR count). The largest absolute Gasteiger partial charge is 0.298 e. The second-order valence-electron chi connectivity index (χ2n) is 3.22. The fourth-order valence-electron chi connectivity index (χ4n) is 1.35. The molecule has 0 saturated heterocycles. The highest BCUT2D eigenvalue weighted by atomic mass is 35.5. The number of benzene rings is 1. The molecule has 80 valence electrons. The Bertz CT molecular complexity index is 525. The summed E-state index contributed by atoms with van der Waals surface area (Å²) in [7, 11) is 0. The topological polar surface area (TPSA) is 30.0 Å². The second-order valence-corrected chi connectivity index (χ2v) is 3.63. The van der Waals surface area contributed by atoms with Crippen LogP contribution in [-0.2, 0) is 0 Å². The highest BCUT2D eigenvalue weighted by Crippen LogP contribution is 2.24. The maximum atomic E-state index is 12.6. The smallest absolute Gasteiger partial charge is 0.212 e. The molecule has 4 heteroatoms. The van der Waals surface area contributed by atoms with Crippen molar-refractivity contribution < 1.29 is 9.18 Å². The van der Waals surface area contributed by atoms with E-state index in [4.69, 9.17) is 11.6 Å². The number of pyridine rings is 1. The summed E-state index contributed by atoms with van der Waals surface area (Å²) in [5.41, 5.74) is 1.98.